The highest BCUT2D eigenvalue weighted by Gasteiger charge is 2.54. The van der Waals surface area contributed by atoms with Gasteiger partial charge < -0.3 is 14.4 Å². The summed E-state index contributed by atoms with van der Waals surface area (Å²) in [7, 11) is 1.50. The molecule has 0 unspecified atom stereocenters. The molecule has 9 heteroatoms. The fourth-order valence-corrected chi connectivity index (χ4v) is 2.10. The van der Waals surface area contributed by atoms with Gasteiger partial charge >= 0.3 is 6.18 Å². The third kappa shape index (κ3) is 3.28. The summed E-state index contributed by atoms with van der Waals surface area (Å²) in [6, 6.07) is 0. The van der Waals surface area contributed by atoms with Gasteiger partial charge in [0.05, 0.1) is 6.54 Å². The molecule has 1 aromatic rings. The minimum absolute atomic E-state index is 0.123. The minimum atomic E-state index is -4.59. The second-order valence-corrected chi connectivity index (χ2v) is 4.84. The fourth-order valence-electron chi connectivity index (χ4n) is 2.10. The molecule has 0 saturated carbocycles. The Morgan fingerprint density at radius 1 is 1.40 bits per heavy atom. The highest BCUT2D eigenvalue weighted by atomic mass is 19.4. The van der Waals surface area contributed by atoms with E-state index in [-0.39, 0.29) is 39.1 Å². The maximum atomic E-state index is 12.6. The van der Waals surface area contributed by atoms with Crippen LogP contribution in [0.15, 0.2) is 4.52 Å². The van der Waals surface area contributed by atoms with Crippen molar-refractivity contribution in [1.29, 1.82) is 0 Å². The molecule has 1 N–H and O–H groups in total. The summed E-state index contributed by atoms with van der Waals surface area (Å²) in [5, 5.41) is 13.2. The molecule has 2 rings (SSSR count). The third-order valence-corrected chi connectivity index (χ3v) is 3.35. The Morgan fingerprint density at radius 3 is 2.60 bits per heavy atom. The molecule has 0 amide bonds. The Balaban J connectivity index is 1.88. The van der Waals surface area contributed by atoms with Gasteiger partial charge in [-0.25, -0.2) is 0 Å². The number of aromatic nitrogens is 2. The lowest BCUT2D eigenvalue weighted by Crippen LogP contribution is -2.53. The molecule has 0 spiro atoms. The number of hydrogen-bond donors (Lipinski definition) is 1. The smallest absolute Gasteiger partial charge is 0.380 e. The average molecular weight is 295 g/mol. The van der Waals surface area contributed by atoms with Gasteiger partial charge in [0.1, 0.15) is 6.61 Å². The van der Waals surface area contributed by atoms with Gasteiger partial charge in [-0.05, 0) is 12.8 Å². The molecular formula is C11H16F3N3O3. The van der Waals surface area contributed by atoms with Gasteiger partial charge in [-0.3, -0.25) is 4.90 Å². The molecule has 0 bridgehead atoms. The van der Waals surface area contributed by atoms with Crippen molar-refractivity contribution >= 4 is 0 Å². The number of likely N-dealkylation sites (tertiary alicyclic amines) is 1. The van der Waals surface area contributed by atoms with Gasteiger partial charge in [0.2, 0.25) is 5.89 Å². The standard InChI is InChI=1S/C11H16F3N3O3/c1-19-7-8-15-9(20-16-8)6-17-4-2-10(18,3-5-17)11(12,13)14/h18H,2-7H2,1H3. The third-order valence-electron chi connectivity index (χ3n) is 3.35. The van der Waals surface area contributed by atoms with Gasteiger partial charge in [-0.15, -0.1) is 0 Å². The summed E-state index contributed by atoms with van der Waals surface area (Å²) in [6.45, 7) is 0.734. The van der Waals surface area contributed by atoms with Crippen molar-refractivity contribution < 1.29 is 27.5 Å². The van der Waals surface area contributed by atoms with Crippen LogP contribution in [0.1, 0.15) is 24.6 Å². The van der Waals surface area contributed by atoms with E-state index in [4.69, 9.17) is 9.26 Å². The van der Waals surface area contributed by atoms with Crippen LogP contribution in [0.5, 0.6) is 0 Å². The molecule has 0 atom stereocenters. The van der Waals surface area contributed by atoms with Crippen molar-refractivity contribution in [3.63, 3.8) is 0 Å². The Morgan fingerprint density at radius 2 is 2.05 bits per heavy atom. The van der Waals surface area contributed by atoms with Crippen molar-refractivity contribution in [2.45, 2.75) is 37.8 Å². The van der Waals surface area contributed by atoms with Crippen molar-refractivity contribution in [2.24, 2.45) is 0 Å². The Hall–Kier alpha value is -1.19. The average Bonchev–Trinajstić information content (AvgIpc) is 2.79. The van der Waals surface area contributed by atoms with E-state index in [9.17, 15) is 18.3 Å². The number of nitrogens with zero attached hydrogens (tertiary/aromatic N) is 3. The minimum Gasteiger partial charge on any atom is -0.380 e. The van der Waals surface area contributed by atoms with E-state index < -0.39 is 11.8 Å². The first-order valence-electron chi connectivity index (χ1n) is 6.16. The number of alkyl halides is 3. The zero-order valence-electron chi connectivity index (χ0n) is 11.0. The van der Waals surface area contributed by atoms with Crippen LogP contribution in [0.3, 0.4) is 0 Å². The summed E-state index contributed by atoms with van der Waals surface area (Å²) in [5.41, 5.74) is -2.58. The SMILES string of the molecule is COCc1noc(CN2CCC(O)(C(F)(F)F)CC2)n1. The molecule has 20 heavy (non-hydrogen) atoms. The number of aliphatic hydroxyl groups is 1. The van der Waals surface area contributed by atoms with Crippen LogP contribution < -0.4 is 0 Å². The zero-order valence-corrected chi connectivity index (χ0v) is 11.0. The first kappa shape index (κ1) is 15.2. The molecule has 6 nitrogen and oxygen atoms in total. The van der Waals surface area contributed by atoms with Gasteiger partial charge in [0.15, 0.2) is 11.4 Å². The van der Waals surface area contributed by atoms with Gasteiger partial charge in [0.25, 0.3) is 0 Å². The number of ether oxygens (including phenoxy) is 1. The van der Waals surface area contributed by atoms with Crippen molar-refractivity contribution in [1.82, 2.24) is 15.0 Å². The van der Waals surface area contributed by atoms with E-state index in [2.05, 4.69) is 10.1 Å². The second-order valence-electron chi connectivity index (χ2n) is 4.84. The van der Waals surface area contributed by atoms with Crippen molar-refractivity contribution in [3.8, 4) is 0 Å². The first-order valence-corrected chi connectivity index (χ1v) is 6.16. The van der Waals surface area contributed by atoms with E-state index in [0.717, 1.165) is 0 Å². The van der Waals surface area contributed by atoms with E-state index >= 15 is 0 Å². The summed E-state index contributed by atoms with van der Waals surface area (Å²) < 4.78 is 47.7. The lowest BCUT2D eigenvalue weighted by Gasteiger charge is -2.38. The van der Waals surface area contributed by atoms with Crippen molar-refractivity contribution in [3.05, 3.63) is 11.7 Å². The molecule has 1 aliphatic rings. The maximum absolute atomic E-state index is 12.6. The van der Waals surface area contributed by atoms with Gasteiger partial charge in [0, 0.05) is 20.2 Å². The number of hydrogen-bond acceptors (Lipinski definition) is 6. The highest BCUT2D eigenvalue weighted by Crippen LogP contribution is 2.38. The molecule has 1 fully saturated rings. The van der Waals surface area contributed by atoms with Crippen LogP contribution in [-0.2, 0) is 17.9 Å². The zero-order chi connectivity index (χ0) is 14.8. The number of methoxy groups -OCH3 is 1. The molecule has 1 saturated heterocycles. The molecule has 0 aromatic carbocycles. The quantitative estimate of drug-likeness (QED) is 0.897. The molecule has 0 aliphatic carbocycles. The first-order chi connectivity index (χ1) is 9.34. The van der Waals surface area contributed by atoms with Crippen LogP contribution in [0.25, 0.3) is 0 Å². The largest absolute Gasteiger partial charge is 0.417 e. The Kier molecular flexibility index (Phi) is 4.31. The molecule has 1 aliphatic heterocycles. The van der Waals surface area contributed by atoms with Crippen LogP contribution in [-0.4, -0.2) is 52.1 Å². The summed E-state index contributed by atoms with van der Waals surface area (Å²) in [4.78, 5) is 5.79. The van der Waals surface area contributed by atoms with Crippen LogP contribution in [0.4, 0.5) is 13.2 Å². The van der Waals surface area contributed by atoms with Gasteiger partial charge in [-0.2, -0.15) is 18.2 Å². The predicted octanol–water partition coefficient (Wildman–Crippen LogP) is 1.11. The predicted molar refractivity (Wildman–Crippen MR) is 60.5 cm³/mol. The van der Waals surface area contributed by atoms with Gasteiger partial charge in [-0.1, -0.05) is 5.16 Å². The molecule has 1 aromatic heterocycles. The fraction of sp³-hybridized carbons (Fsp3) is 0.818. The van der Waals surface area contributed by atoms with Crippen LogP contribution in [0.2, 0.25) is 0 Å². The second kappa shape index (κ2) is 5.66. The number of halogens is 3. The summed E-state index contributed by atoms with van der Waals surface area (Å²) in [6.07, 6.45) is -5.29. The maximum Gasteiger partial charge on any atom is 0.417 e. The topological polar surface area (TPSA) is 71.6 Å². The lowest BCUT2D eigenvalue weighted by molar-refractivity contribution is -0.273. The molecular weight excluding hydrogens is 279 g/mol. The van der Waals surface area contributed by atoms with E-state index in [1.165, 1.54) is 7.11 Å². The lowest BCUT2D eigenvalue weighted by atomic mass is 9.91. The van der Waals surface area contributed by atoms with Crippen molar-refractivity contribution in [2.75, 3.05) is 20.2 Å². The Bertz CT molecular complexity index is 442. The highest BCUT2D eigenvalue weighted by molar-refractivity contribution is 4.93. The molecule has 0 radical (unpaired) electrons. The summed E-state index contributed by atoms with van der Waals surface area (Å²) >= 11 is 0. The monoisotopic (exact) mass is 295 g/mol. The van der Waals surface area contributed by atoms with E-state index in [1.807, 2.05) is 0 Å². The number of piperidine rings is 1. The van der Waals surface area contributed by atoms with E-state index in [1.54, 1.807) is 4.90 Å². The van der Waals surface area contributed by atoms with Crippen LogP contribution in [0, 0.1) is 0 Å². The molecule has 2 heterocycles. The Labute approximate surface area is 113 Å². The van der Waals surface area contributed by atoms with E-state index in [0.29, 0.717) is 11.7 Å². The molecule has 114 valence electrons. The number of rotatable bonds is 4. The normalized spacial score (nSPS) is 20.2. The van der Waals surface area contributed by atoms with Crippen LogP contribution >= 0.6 is 0 Å². The summed E-state index contributed by atoms with van der Waals surface area (Å²) in [5.74, 6) is 0.723.